The van der Waals surface area contributed by atoms with E-state index in [1.807, 2.05) is 0 Å². The Balaban J connectivity index is 1.33. The molecule has 0 N–H and O–H groups in total. The van der Waals surface area contributed by atoms with Crippen molar-refractivity contribution in [2.45, 2.75) is 19.3 Å². The van der Waals surface area contributed by atoms with Crippen LogP contribution in [0.3, 0.4) is 0 Å². The van der Waals surface area contributed by atoms with Crippen molar-refractivity contribution in [2.24, 2.45) is 0 Å². The highest BCUT2D eigenvalue weighted by molar-refractivity contribution is 6.35. The molecule has 1 saturated heterocycles. The fourth-order valence-electron chi connectivity index (χ4n) is 4.32. The van der Waals surface area contributed by atoms with Crippen molar-refractivity contribution in [3.8, 4) is 28.6 Å². The van der Waals surface area contributed by atoms with E-state index >= 15 is 0 Å². The Labute approximate surface area is 261 Å². The Morgan fingerprint density at radius 2 is 1.24 bits per heavy atom. The number of hydrogen-bond donors (Lipinski definition) is 0. The van der Waals surface area contributed by atoms with Gasteiger partial charge in [0.1, 0.15) is 54.5 Å². The average molecular weight is 644 g/mol. The fourth-order valence-corrected chi connectivity index (χ4v) is 5.47. The first-order valence-corrected chi connectivity index (χ1v) is 14.4. The Hall–Kier alpha value is -3.39. The minimum atomic E-state index is -0.195. The van der Waals surface area contributed by atoms with E-state index in [9.17, 15) is 4.79 Å². The minimum absolute atomic E-state index is 0.103. The molecule has 1 fully saturated rings. The number of fused-ring (bicyclic) bond motifs is 1. The minimum Gasteiger partial charge on any atom is -0.491 e. The third-order valence-corrected chi connectivity index (χ3v) is 7.23. The molecule has 0 spiro atoms. The van der Waals surface area contributed by atoms with E-state index in [0.717, 1.165) is 11.1 Å². The lowest BCUT2D eigenvalue weighted by molar-refractivity contribution is 0.263. The molecular formula is C32H22Cl4O6. The van der Waals surface area contributed by atoms with Gasteiger partial charge in [0.15, 0.2) is 5.43 Å². The maximum atomic E-state index is 13.0. The highest BCUT2D eigenvalue weighted by atomic mass is 35.5. The van der Waals surface area contributed by atoms with E-state index in [1.54, 1.807) is 72.8 Å². The predicted octanol–water partition coefficient (Wildman–Crippen LogP) is 9.01. The van der Waals surface area contributed by atoms with E-state index < -0.39 is 0 Å². The molecule has 0 amide bonds. The first-order chi connectivity index (χ1) is 20.3. The van der Waals surface area contributed by atoms with Crippen LogP contribution in [0, 0.1) is 0 Å². The van der Waals surface area contributed by atoms with Crippen molar-refractivity contribution in [3.05, 3.63) is 120 Å². The molecule has 1 atom stereocenters. The summed E-state index contributed by atoms with van der Waals surface area (Å²) in [6, 6.07) is 22.2. The zero-order chi connectivity index (χ0) is 29.2. The largest absolute Gasteiger partial charge is 0.491 e. The maximum absolute atomic E-state index is 13.0. The summed E-state index contributed by atoms with van der Waals surface area (Å²) in [6.07, 6.45) is 0.103. The molecule has 2 heterocycles. The molecule has 0 saturated carbocycles. The first kappa shape index (κ1) is 28.7. The van der Waals surface area contributed by atoms with Crippen LogP contribution in [-0.2, 0) is 18.0 Å². The van der Waals surface area contributed by atoms with Crippen LogP contribution in [0.2, 0.25) is 20.1 Å². The van der Waals surface area contributed by atoms with Gasteiger partial charge in [-0.25, -0.2) is 0 Å². The summed E-state index contributed by atoms with van der Waals surface area (Å²) < 4.78 is 29.4. The second-order valence-electron chi connectivity index (χ2n) is 9.73. The van der Waals surface area contributed by atoms with Gasteiger partial charge in [0.2, 0.25) is 0 Å². The molecule has 6 nitrogen and oxygen atoms in total. The van der Waals surface area contributed by atoms with Gasteiger partial charge in [0.25, 0.3) is 0 Å². The quantitative estimate of drug-likeness (QED) is 0.141. The molecule has 1 unspecified atom stereocenters. The number of halogens is 4. The van der Waals surface area contributed by atoms with Gasteiger partial charge in [-0.15, -0.1) is 0 Å². The smallest absolute Gasteiger partial charge is 0.193 e. The van der Waals surface area contributed by atoms with Crippen LogP contribution in [0.4, 0.5) is 0 Å². The maximum Gasteiger partial charge on any atom is 0.193 e. The standard InChI is InChI=1S/C32H22Cl4O6/c33-21-3-18(4-22(34)9-21)14-38-26-7-20(8-27(11-26)39-15-19-5-23(35)10-24(36)6-19)31-13-30(37)29-2-1-25(12-32(29)42-31)40-16-28-17-41-28/h1-13,28H,14-17H2. The lowest BCUT2D eigenvalue weighted by Gasteiger charge is -2.13. The van der Waals surface area contributed by atoms with E-state index in [4.69, 9.17) is 69.8 Å². The summed E-state index contributed by atoms with van der Waals surface area (Å²) in [5.74, 6) is 1.88. The van der Waals surface area contributed by atoms with Crippen LogP contribution in [0.25, 0.3) is 22.3 Å². The van der Waals surface area contributed by atoms with Crippen LogP contribution in [0.1, 0.15) is 11.1 Å². The molecule has 42 heavy (non-hydrogen) atoms. The molecular weight excluding hydrogens is 622 g/mol. The monoisotopic (exact) mass is 642 g/mol. The van der Waals surface area contributed by atoms with Gasteiger partial charge < -0.3 is 23.4 Å². The zero-order valence-corrected chi connectivity index (χ0v) is 24.9. The summed E-state index contributed by atoms with van der Waals surface area (Å²) in [7, 11) is 0. The third kappa shape index (κ3) is 7.33. The van der Waals surface area contributed by atoms with Crippen molar-refractivity contribution < 1.29 is 23.4 Å². The van der Waals surface area contributed by atoms with Gasteiger partial charge in [-0.1, -0.05) is 46.4 Å². The lowest BCUT2D eigenvalue weighted by Crippen LogP contribution is -2.05. The zero-order valence-electron chi connectivity index (χ0n) is 21.9. The van der Waals surface area contributed by atoms with E-state index in [-0.39, 0.29) is 24.7 Å². The summed E-state index contributed by atoms with van der Waals surface area (Å²) in [6.45, 7) is 1.51. The predicted molar refractivity (Wildman–Crippen MR) is 165 cm³/mol. The Kier molecular flexibility index (Phi) is 8.52. The van der Waals surface area contributed by atoms with Crippen molar-refractivity contribution in [1.29, 1.82) is 0 Å². The van der Waals surface area contributed by atoms with Gasteiger partial charge in [-0.3, -0.25) is 4.79 Å². The van der Waals surface area contributed by atoms with Gasteiger partial charge in [-0.2, -0.15) is 0 Å². The first-order valence-electron chi connectivity index (χ1n) is 12.9. The fraction of sp³-hybridized carbons (Fsp3) is 0.156. The van der Waals surface area contributed by atoms with Crippen molar-refractivity contribution in [2.75, 3.05) is 13.2 Å². The second kappa shape index (κ2) is 12.5. The van der Waals surface area contributed by atoms with E-state index in [1.165, 1.54) is 6.07 Å². The summed E-state index contributed by atoms with van der Waals surface area (Å²) in [5.41, 5.74) is 2.35. The van der Waals surface area contributed by atoms with Gasteiger partial charge in [-0.05, 0) is 71.8 Å². The van der Waals surface area contributed by atoms with Crippen molar-refractivity contribution >= 4 is 57.4 Å². The molecule has 1 aliphatic heterocycles. The van der Waals surface area contributed by atoms with E-state index in [0.29, 0.717) is 72.8 Å². The third-order valence-electron chi connectivity index (χ3n) is 6.36. The Morgan fingerprint density at radius 3 is 1.79 bits per heavy atom. The summed E-state index contributed by atoms with van der Waals surface area (Å²) >= 11 is 24.6. The SMILES string of the molecule is O=c1cc(-c2cc(OCc3cc(Cl)cc(Cl)c3)cc(OCc3cc(Cl)cc(Cl)c3)c2)oc2cc(OCC3CO3)ccc12. The van der Waals surface area contributed by atoms with E-state index in [2.05, 4.69) is 0 Å². The average Bonchev–Trinajstić information content (AvgIpc) is 3.77. The summed E-state index contributed by atoms with van der Waals surface area (Å²) in [5, 5.41) is 2.46. The number of epoxide rings is 1. The number of ether oxygens (including phenoxy) is 4. The van der Waals surface area contributed by atoms with Gasteiger partial charge in [0.05, 0.1) is 12.0 Å². The second-order valence-corrected chi connectivity index (χ2v) is 11.5. The molecule has 0 bridgehead atoms. The molecule has 5 aromatic rings. The normalized spacial score (nSPS) is 14.1. The van der Waals surface area contributed by atoms with Crippen LogP contribution in [0.15, 0.2) is 88.1 Å². The van der Waals surface area contributed by atoms with Gasteiger partial charge >= 0.3 is 0 Å². The van der Waals surface area contributed by atoms with Crippen LogP contribution in [0.5, 0.6) is 17.2 Å². The topological polar surface area (TPSA) is 70.4 Å². The highest BCUT2D eigenvalue weighted by Gasteiger charge is 2.23. The molecule has 1 aromatic heterocycles. The molecule has 1 aliphatic rings. The summed E-state index contributed by atoms with van der Waals surface area (Å²) in [4.78, 5) is 13.0. The highest BCUT2D eigenvalue weighted by Crippen LogP contribution is 2.33. The Bertz CT molecular complexity index is 1720. The van der Waals surface area contributed by atoms with Crippen molar-refractivity contribution in [3.63, 3.8) is 0 Å². The molecule has 10 heteroatoms. The van der Waals surface area contributed by atoms with Crippen LogP contribution in [-0.4, -0.2) is 19.3 Å². The van der Waals surface area contributed by atoms with Crippen LogP contribution >= 0.6 is 46.4 Å². The molecule has 0 aliphatic carbocycles. The molecule has 6 rings (SSSR count). The van der Waals surface area contributed by atoms with Crippen LogP contribution < -0.4 is 19.6 Å². The number of benzene rings is 4. The van der Waals surface area contributed by atoms with Crippen molar-refractivity contribution in [1.82, 2.24) is 0 Å². The molecule has 0 radical (unpaired) electrons. The number of rotatable bonds is 10. The number of hydrogen-bond acceptors (Lipinski definition) is 6. The Morgan fingerprint density at radius 1 is 0.667 bits per heavy atom. The molecule has 4 aromatic carbocycles. The lowest BCUT2D eigenvalue weighted by atomic mass is 10.1. The molecule has 214 valence electrons. The van der Waals surface area contributed by atoms with Gasteiger partial charge in [0, 0.05) is 43.9 Å².